The number of benzene rings is 3. The minimum Gasteiger partial charge on any atom is -0.493 e. The summed E-state index contributed by atoms with van der Waals surface area (Å²) in [6, 6.07) is 15.4. The van der Waals surface area contributed by atoms with Gasteiger partial charge < -0.3 is 4.74 Å². The van der Waals surface area contributed by atoms with Crippen LogP contribution in [0, 0.1) is 10.1 Å². The van der Waals surface area contributed by atoms with Crippen LogP contribution in [-0.4, -0.2) is 19.9 Å². The number of non-ortho nitro benzene ring substituents is 1. The second kappa shape index (κ2) is 7.01. The summed E-state index contributed by atoms with van der Waals surface area (Å²) in [5.74, 6) is 0.595. The van der Waals surface area contributed by atoms with Crippen molar-refractivity contribution >= 4 is 32.2 Å². The van der Waals surface area contributed by atoms with Crippen LogP contribution < -0.4 is 9.46 Å². The van der Waals surface area contributed by atoms with E-state index in [9.17, 15) is 18.5 Å². The molecule has 0 aliphatic carbocycles. The second-order valence-corrected chi connectivity index (χ2v) is 7.10. The quantitative estimate of drug-likeness (QED) is 0.522. The Bertz CT molecular complexity index is 1080. The molecule has 0 saturated carbocycles. The molecule has 0 saturated heterocycles. The minimum absolute atomic E-state index is 0.0723. The standard InChI is InChI=1S/C18H16N2O5S/c1-2-25-17-10-11-18(16-9-4-3-8-15(16)17)26(23,24)19-13-6-5-7-14(12-13)20(21)22/h3-12,19H,2H2,1H3. The van der Waals surface area contributed by atoms with Crippen LogP contribution in [0.25, 0.3) is 10.8 Å². The Labute approximate surface area is 150 Å². The third kappa shape index (κ3) is 3.45. The number of nitrogens with zero attached hydrogens (tertiary/aromatic N) is 1. The Morgan fingerprint density at radius 2 is 1.77 bits per heavy atom. The summed E-state index contributed by atoms with van der Waals surface area (Å²) >= 11 is 0. The van der Waals surface area contributed by atoms with Crippen molar-refractivity contribution in [1.82, 2.24) is 0 Å². The highest BCUT2D eigenvalue weighted by atomic mass is 32.2. The zero-order valence-electron chi connectivity index (χ0n) is 13.9. The third-order valence-corrected chi connectivity index (χ3v) is 5.18. The van der Waals surface area contributed by atoms with E-state index in [-0.39, 0.29) is 16.3 Å². The van der Waals surface area contributed by atoms with E-state index in [4.69, 9.17) is 4.74 Å². The summed E-state index contributed by atoms with van der Waals surface area (Å²) in [5.41, 5.74) is -0.0704. The average molecular weight is 372 g/mol. The number of hydrogen-bond acceptors (Lipinski definition) is 5. The van der Waals surface area contributed by atoms with Crippen LogP contribution in [0.2, 0.25) is 0 Å². The molecule has 0 aromatic heterocycles. The van der Waals surface area contributed by atoms with Crippen LogP contribution in [0.5, 0.6) is 5.75 Å². The first-order valence-electron chi connectivity index (χ1n) is 7.84. The third-order valence-electron chi connectivity index (χ3n) is 3.74. The van der Waals surface area contributed by atoms with Crippen LogP contribution in [0.15, 0.2) is 65.6 Å². The first-order valence-corrected chi connectivity index (χ1v) is 9.32. The largest absolute Gasteiger partial charge is 0.493 e. The number of fused-ring (bicyclic) bond motifs is 1. The number of nitrogens with one attached hydrogen (secondary N) is 1. The molecule has 0 spiro atoms. The number of ether oxygens (including phenoxy) is 1. The fourth-order valence-electron chi connectivity index (χ4n) is 2.65. The van der Waals surface area contributed by atoms with E-state index >= 15 is 0 Å². The summed E-state index contributed by atoms with van der Waals surface area (Å²) in [6.07, 6.45) is 0. The fraction of sp³-hybridized carbons (Fsp3) is 0.111. The molecule has 0 heterocycles. The van der Waals surface area contributed by atoms with Crippen LogP contribution in [0.1, 0.15) is 6.92 Å². The van der Waals surface area contributed by atoms with E-state index in [1.54, 1.807) is 30.3 Å². The van der Waals surface area contributed by atoms with Crippen LogP contribution in [0.4, 0.5) is 11.4 Å². The van der Waals surface area contributed by atoms with Crippen molar-refractivity contribution in [3.63, 3.8) is 0 Å². The molecule has 0 radical (unpaired) electrons. The minimum atomic E-state index is -3.94. The van der Waals surface area contributed by atoms with Gasteiger partial charge in [-0.3, -0.25) is 14.8 Å². The Kier molecular flexibility index (Phi) is 4.77. The van der Waals surface area contributed by atoms with Gasteiger partial charge in [-0.05, 0) is 25.1 Å². The maximum Gasteiger partial charge on any atom is 0.271 e. The van der Waals surface area contributed by atoms with Gasteiger partial charge in [-0.15, -0.1) is 0 Å². The maximum absolute atomic E-state index is 12.8. The van der Waals surface area contributed by atoms with Gasteiger partial charge in [0, 0.05) is 22.9 Å². The van der Waals surface area contributed by atoms with Gasteiger partial charge in [0.2, 0.25) is 0 Å². The van der Waals surface area contributed by atoms with Gasteiger partial charge in [0.1, 0.15) is 5.75 Å². The lowest BCUT2D eigenvalue weighted by Gasteiger charge is -2.13. The molecular weight excluding hydrogens is 356 g/mol. The van der Waals surface area contributed by atoms with Gasteiger partial charge in [0.25, 0.3) is 15.7 Å². The molecule has 0 amide bonds. The molecule has 26 heavy (non-hydrogen) atoms. The van der Waals surface area contributed by atoms with Crippen molar-refractivity contribution in [2.45, 2.75) is 11.8 Å². The van der Waals surface area contributed by atoms with Crippen LogP contribution >= 0.6 is 0 Å². The Morgan fingerprint density at radius 1 is 1.04 bits per heavy atom. The Morgan fingerprint density at radius 3 is 2.46 bits per heavy atom. The summed E-state index contributed by atoms with van der Waals surface area (Å²) in [5, 5.41) is 12.1. The van der Waals surface area contributed by atoms with Gasteiger partial charge in [0.15, 0.2) is 0 Å². The summed E-state index contributed by atoms with van der Waals surface area (Å²) in [4.78, 5) is 10.4. The van der Waals surface area contributed by atoms with Crippen LogP contribution in [-0.2, 0) is 10.0 Å². The highest BCUT2D eigenvalue weighted by Crippen LogP contribution is 2.32. The monoisotopic (exact) mass is 372 g/mol. The van der Waals surface area contributed by atoms with Crippen molar-refractivity contribution in [2.24, 2.45) is 0 Å². The molecule has 0 fully saturated rings. The van der Waals surface area contributed by atoms with E-state index in [0.717, 1.165) is 0 Å². The highest BCUT2D eigenvalue weighted by molar-refractivity contribution is 7.93. The molecule has 0 aliphatic heterocycles. The molecule has 3 aromatic rings. The van der Waals surface area contributed by atoms with Gasteiger partial charge in [0.05, 0.1) is 22.1 Å². The summed E-state index contributed by atoms with van der Waals surface area (Å²) in [6.45, 7) is 2.31. The maximum atomic E-state index is 12.8. The molecular formula is C18H16N2O5S. The first-order chi connectivity index (χ1) is 12.4. The summed E-state index contributed by atoms with van der Waals surface area (Å²) in [7, 11) is -3.94. The number of rotatable bonds is 6. The molecule has 3 rings (SSSR count). The second-order valence-electron chi connectivity index (χ2n) is 5.45. The molecule has 1 N–H and O–H groups in total. The Balaban J connectivity index is 2.06. The van der Waals surface area contributed by atoms with Crippen molar-refractivity contribution in [2.75, 3.05) is 11.3 Å². The van der Waals surface area contributed by atoms with Crippen molar-refractivity contribution in [3.05, 3.63) is 70.8 Å². The number of hydrogen-bond donors (Lipinski definition) is 1. The first kappa shape index (κ1) is 17.7. The van der Waals surface area contributed by atoms with Gasteiger partial charge in [-0.2, -0.15) is 0 Å². The molecule has 3 aromatic carbocycles. The number of anilines is 1. The normalized spacial score (nSPS) is 11.3. The average Bonchev–Trinajstić information content (AvgIpc) is 2.62. The molecule has 0 unspecified atom stereocenters. The Hall–Kier alpha value is -3.13. The van der Waals surface area contributed by atoms with Gasteiger partial charge in [-0.25, -0.2) is 8.42 Å². The smallest absolute Gasteiger partial charge is 0.271 e. The van der Waals surface area contributed by atoms with E-state index < -0.39 is 14.9 Å². The molecule has 0 aliphatic rings. The number of sulfonamides is 1. The lowest BCUT2D eigenvalue weighted by atomic mass is 10.1. The van der Waals surface area contributed by atoms with Gasteiger partial charge >= 0.3 is 0 Å². The predicted molar refractivity (Wildman–Crippen MR) is 99.0 cm³/mol. The molecule has 0 bridgehead atoms. The lowest BCUT2D eigenvalue weighted by Crippen LogP contribution is -2.13. The molecule has 8 heteroatoms. The van der Waals surface area contributed by atoms with Gasteiger partial charge in [-0.1, -0.05) is 30.3 Å². The summed E-state index contributed by atoms with van der Waals surface area (Å²) < 4.78 is 33.6. The highest BCUT2D eigenvalue weighted by Gasteiger charge is 2.20. The fourth-order valence-corrected chi connectivity index (χ4v) is 3.91. The van der Waals surface area contributed by atoms with Crippen molar-refractivity contribution < 1.29 is 18.1 Å². The molecule has 0 atom stereocenters. The van der Waals surface area contributed by atoms with E-state index in [2.05, 4.69) is 4.72 Å². The zero-order chi connectivity index (χ0) is 18.7. The lowest BCUT2D eigenvalue weighted by molar-refractivity contribution is -0.384. The van der Waals surface area contributed by atoms with Crippen molar-refractivity contribution in [3.8, 4) is 5.75 Å². The SMILES string of the molecule is CCOc1ccc(S(=O)(=O)Nc2cccc([N+](=O)[O-])c2)c2ccccc12. The van der Waals surface area contributed by atoms with E-state index in [1.807, 2.05) is 6.92 Å². The topological polar surface area (TPSA) is 98.5 Å². The molecule has 7 nitrogen and oxygen atoms in total. The molecule has 134 valence electrons. The van der Waals surface area contributed by atoms with E-state index in [0.29, 0.717) is 23.1 Å². The van der Waals surface area contributed by atoms with Crippen LogP contribution in [0.3, 0.4) is 0 Å². The number of nitro benzene ring substituents is 1. The number of nitro groups is 1. The predicted octanol–water partition coefficient (Wildman–Crippen LogP) is 3.95. The van der Waals surface area contributed by atoms with E-state index in [1.165, 1.54) is 30.3 Å². The zero-order valence-corrected chi connectivity index (χ0v) is 14.7. The van der Waals surface area contributed by atoms with Crippen molar-refractivity contribution in [1.29, 1.82) is 0 Å².